The van der Waals surface area contributed by atoms with Gasteiger partial charge in [-0.1, -0.05) is 31.9 Å². The lowest BCUT2D eigenvalue weighted by Gasteiger charge is -2.14. The second-order valence-electron chi connectivity index (χ2n) is 4.43. The molecule has 0 unspecified atom stereocenters. The molecule has 0 aliphatic rings. The summed E-state index contributed by atoms with van der Waals surface area (Å²) in [6.07, 6.45) is 0.726. The van der Waals surface area contributed by atoms with Crippen LogP contribution in [0.1, 0.15) is 11.1 Å². The van der Waals surface area contributed by atoms with Crippen LogP contribution in [-0.4, -0.2) is 21.3 Å². The molecular formula is C16H16Br2O3. The standard InChI is InChI=1S/C16H16Br2O3/c1-19-14-5-4-12(17)7-11(14)6-10-8-15(20-2)16(21-3)9-13(10)18/h4-5,7-9H,6H2,1-3H3. The van der Waals surface area contributed by atoms with Gasteiger partial charge in [-0.3, -0.25) is 0 Å². The van der Waals surface area contributed by atoms with Gasteiger partial charge in [-0.05, 0) is 41.5 Å². The SMILES string of the molecule is COc1ccc(Br)cc1Cc1cc(OC)c(OC)cc1Br. The van der Waals surface area contributed by atoms with E-state index in [2.05, 4.69) is 37.9 Å². The fourth-order valence-corrected chi connectivity index (χ4v) is 2.99. The van der Waals surface area contributed by atoms with Gasteiger partial charge in [-0.15, -0.1) is 0 Å². The zero-order valence-electron chi connectivity index (χ0n) is 12.1. The van der Waals surface area contributed by atoms with Gasteiger partial charge in [0.15, 0.2) is 11.5 Å². The Morgan fingerprint density at radius 2 is 1.38 bits per heavy atom. The van der Waals surface area contributed by atoms with Crippen molar-refractivity contribution >= 4 is 31.9 Å². The van der Waals surface area contributed by atoms with E-state index in [1.54, 1.807) is 21.3 Å². The highest BCUT2D eigenvalue weighted by molar-refractivity contribution is 9.10. The second-order valence-corrected chi connectivity index (χ2v) is 6.20. The van der Waals surface area contributed by atoms with E-state index < -0.39 is 0 Å². The molecule has 2 rings (SSSR count). The van der Waals surface area contributed by atoms with Crippen LogP contribution in [0.15, 0.2) is 39.3 Å². The topological polar surface area (TPSA) is 27.7 Å². The average Bonchev–Trinajstić information content (AvgIpc) is 2.49. The van der Waals surface area contributed by atoms with Crippen LogP contribution in [0.2, 0.25) is 0 Å². The molecule has 3 nitrogen and oxygen atoms in total. The van der Waals surface area contributed by atoms with Gasteiger partial charge in [-0.25, -0.2) is 0 Å². The molecule has 5 heteroatoms. The lowest BCUT2D eigenvalue weighted by atomic mass is 10.0. The number of benzene rings is 2. The largest absolute Gasteiger partial charge is 0.496 e. The van der Waals surface area contributed by atoms with Crippen molar-refractivity contribution in [2.45, 2.75) is 6.42 Å². The first-order valence-electron chi connectivity index (χ1n) is 6.31. The zero-order valence-corrected chi connectivity index (χ0v) is 15.2. The van der Waals surface area contributed by atoms with E-state index in [1.807, 2.05) is 24.3 Å². The molecule has 0 aliphatic carbocycles. The smallest absolute Gasteiger partial charge is 0.161 e. The van der Waals surface area contributed by atoms with E-state index in [0.717, 1.165) is 32.2 Å². The molecule has 0 atom stereocenters. The average molecular weight is 416 g/mol. The summed E-state index contributed by atoms with van der Waals surface area (Å²) in [6.45, 7) is 0. The molecule has 21 heavy (non-hydrogen) atoms. The summed E-state index contributed by atoms with van der Waals surface area (Å²) in [6, 6.07) is 9.87. The highest BCUT2D eigenvalue weighted by atomic mass is 79.9. The Morgan fingerprint density at radius 3 is 2.00 bits per heavy atom. The van der Waals surface area contributed by atoms with Gasteiger partial charge < -0.3 is 14.2 Å². The molecule has 0 N–H and O–H groups in total. The quantitative estimate of drug-likeness (QED) is 0.699. The molecule has 0 spiro atoms. The molecule has 0 aromatic heterocycles. The Labute approximate surface area is 141 Å². The fraction of sp³-hybridized carbons (Fsp3) is 0.250. The number of rotatable bonds is 5. The first-order chi connectivity index (χ1) is 10.1. The van der Waals surface area contributed by atoms with E-state index in [4.69, 9.17) is 14.2 Å². The molecule has 112 valence electrons. The minimum Gasteiger partial charge on any atom is -0.496 e. The van der Waals surface area contributed by atoms with Crippen molar-refractivity contribution in [3.8, 4) is 17.2 Å². The van der Waals surface area contributed by atoms with Gasteiger partial charge >= 0.3 is 0 Å². The van der Waals surface area contributed by atoms with E-state index in [-0.39, 0.29) is 0 Å². The van der Waals surface area contributed by atoms with Crippen molar-refractivity contribution in [2.24, 2.45) is 0 Å². The third-order valence-corrected chi connectivity index (χ3v) is 4.41. The van der Waals surface area contributed by atoms with E-state index in [1.165, 1.54) is 0 Å². The van der Waals surface area contributed by atoms with Crippen molar-refractivity contribution in [3.63, 3.8) is 0 Å². The summed E-state index contributed by atoms with van der Waals surface area (Å²) in [5.41, 5.74) is 2.20. The maximum atomic E-state index is 5.42. The van der Waals surface area contributed by atoms with Gasteiger partial charge in [0, 0.05) is 15.4 Å². The predicted octanol–water partition coefficient (Wildman–Crippen LogP) is 4.83. The van der Waals surface area contributed by atoms with Crippen molar-refractivity contribution in [1.29, 1.82) is 0 Å². The van der Waals surface area contributed by atoms with Crippen LogP contribution in [0, 0.1) is 0 Å². The van der Waals surface area contributed by atoms with Gasteiger partial charge in [0.2, 0.25) is 0 Å². The summed E-state index contributed by atoms with van der Waals surface area (Å²) in [7, 11) is 4.94. The van der Waals surface area contributed by atoms with Crippen LogP contribution in [0.4, 0.5) is 0 Å². The van der Waals surface area contributed by atoms with Crippen LogP contribution >= 0.6 is 31.9 Å². The third kappa shape index (κ3) is 3.71. The van der Waals surface area contributed by atoms with E-state index in [0.29, 0.717) is 11.5 Å². The monoisotopic (exact) mass is 414 g/mol. The third-order valence-electron chi connectivity index (χ3n) is 3.18. The lowest BCUT2D eigenvalue weighted by molar-refractivity contribution is 0.354. The number of hydrogen-bond acceptors (Lipinski definition) is 3. The van der Waals surface area contributed by atoms with Crippen LogP contribution in [-0.2, 0) is 6.42 Å². The molecular weight excluding hydrogens is 400 g/mol. The minimum atomic E-state index is 0.703. The zero-order chi connectivity index (χ0) is 15.4. The maximum Gasteiger partial charge on any atom is 0.161 e. The summed E-state index contributed by atoms with van der Waals surface area (Å²) < 4.78 is 18.1. The Kier molecular flexibility index (Phi) is 5.53. The molecule has 0 radical (unpaired) electrons. The molecule has 0 amide bonds. The number of methoxy groups -OCH3 is 3. The van der Waals surface area contributed by atoms with E-state index >= 15 is 0 Å². The number of halogens is 2. The predicted molar refractivity (Wildman–Crippen MR) is 90.7 cm³/mol. The molecule has 0 saturated heterocycles. The second kappa shape index (κ2) is 7.18. The molecule has 0 bridgehead atoms. The van der Waals surface area contributed by atoms with Crippen LogP contribution in [0.3, 0.4) is 0 Å². The Bertz CT molecular complexity index is 642. The molecule has 2 aromatic rings. The van der Waals surface area contributed by atoms with Gasteiger partial charge in [-0.2, -0.15) is 0 Å². The normalized spacial score (nSPS) is 10.3. The summed E-state index contributed by atoms with van der Waals surface area (Å²) in [4.78, 5) is 0. The number of hydrogen-bond donors (Lipinski definition) is 0. The van der Waals surface area contributed by atoms with Crippen LogP contribution < -0.4 is 14.2 Å². The number of ether oxygens (including phenoxy) is 3. The first kappa shape index (κ1) is 16.2. The van der Waals surface area contributed by atoms with Crippen LogP contribution in [0.25, 0.3) is 0 Å². The summed E-state index contributed by atoms with van der Waals surface area (Å²) in [5, 5.41) is 0. The van der Waals surface area contributed by atoms with Crippen molar-refractivity contribution in [3.05, 3.63) is 50.4 Å². The summed E-state index contributed by atoms with van der Waals surface area (Å²) in [5.74, 6) is 2.28. The van der Waals surface area contributed by atoms with Crippen molar-refractivity contribution in [1.82, 2.24) is 0 Å². The highest BCUT2D eigenvalue weighted by Crippen LogP contribution is 2.35. The molecule has 2 aromatic carbocycles. The Balaban J connectivity index is 2.42. The fourth-order valence-electron chi connectivity index (χ4n) is 2.12. The van der Waals surface area contributed by atoms with Gasteiger partial charge in [0.25, 0.3) is 0 Å². The molecule has 0 aliphatic heterocycles. The van der Waals surface area contributed by atoms with Crippen molar-refractivity contribution < 1.29 is 14.2 Å². The maximum absolute atomic E-state index is 5.42. The van der Waals surface area contributed by atoms with Crippen molar-refractivity contribution in [2.75, 3.05) is 21.3 Å². The molecule has 0 fully saturated rings. The molecule has 0 heterocycles. The van der Waals surface area contributed by atoms with Crippen LogP contribution in [0.5, 0.6) is 17.2 Å². The lowest BCUT2D eigenvalue weighted by Crippen LogP contribution is -1.97. The van der Waals surface area contributed by atoms with Gasteiger partial charge in [0.05, 0.1) is 21.3 Å². The summed E-state index contributed by atoms with van der Waals surface area (Å²) >= 11 is 7.08. The van der Waals surface area contributed by atoms with E-state index in [9.17, 15) is 0 Å². The van der Waals surface area contributed by atoms with Gasteiger partial charge in [0.1, 0.15) is 5.75 Å². The first-order valence-corrected chi connectivity index (χ1v) is 7.90. The highest BCUT2D eigenvalue weighted by Gasteiger charge is 2.12. The Morgan fingerprint density at radius 1 is 0.762 bits per heavy atom. The Hall–Kier alpha value is -1.20. The minimum absolute atomic E-state index is 0.703. The molecule has 0 saturated carbocycles.